The molecule has 188 valence electrons. The lowest BCUT2D eigenvalue weighted by molar-refractivity contribution is -0.120. The zero-order valence-electron chi connectivity index (χ0n) is 20.9. The lowest BCUT2D eigenvalue weighted by atomic mass is 10.0. The third-order valence-corrected chi connectivity index (χ3v) is 6.42. The third kappa shape index (κ3) is 4.91. The Morgan fingerprint density at radius 1 is 0.718 bits per heavy atom. The fraction of sp³-hybridized carbons (Fsp3) is 0. The lowest BCUT2D eigenvalue weighted by Gasteiger charge is -2.30. The number of rotatable bonds is 5. The van der Waals surface area contributed by atoms with Crippen LogP contribution >= 0.6 is 0 Å². The molecule has 2 heterocycles. The minimum absolute atomic E-state index is 0.319. The summed E-state index contributed by atoms with van der Waals surface area (Å²) in [6.45, 7) is 0. The van der Waals surface area contributed by atoms with Crippen molar-refractivity contribution in [1.29, 1.82) is 0 Å². The topological polar surface area (TPSA) is 67.2 Å². The molecule has 1 N–H and O–H groups in total. The van der Waals surface area contributed by atoms with Crippen molar-refractivity contribution < 1.29 is 9.59 Å². The van der Waals surface area contributed by atoms with E-state index in [-0.39, 0.29) is 11.8 Å². The Balaban J connectivity index is 1.48. The van der Waals surface area contributed by atoms with Crippen molar-refractivity contribution in [1.82, 2.24) is 20.2 Å². The van der Waals surface area contributed by atoms with Crippen molar-refractivity contribution in [2.75, 3.05) is 0 Å². The molecule has 0 unspecified atom stereocenters. The second-order valence-electron chi connectivity index (χ2n) is 9.02. The minimum Gasteiger partial charge on any atom is -0.267 e. The number of nitrogens with zero attached hydrogens (tertiary/aromatic N) is 3. The summed E-state index contributed by atoms with van der Waals surface area (Å²) in [6, 6.07) is 38.1. The van der Waals surface area contributed by atoms with Crippen LogP contribution in [0.5, 0.6) is 0 Å². The number of amides is 2. The van der Waals surface area contributed by atoms with E-state index < -0.39 is 0 Å². The van der Waals surface area contributed by atoms with Crippen LogP contribution in [0.4, 0.5) is 0 Å². The standard InChI is InChI=1S/C33H24N4O2/c38-32-27(21-28-23-36(29-19-11-4-12-20-29)34-31(28)25-15-7-2-8-16-25)22-30(24-13-5-1-6-14-24)37(35-32)33(39)26-17-9-3-10-18-26/h1-23H,(H,35,38)/b27-21+. The molecule has 6 heteroatoms. The molecule has 0 saturated heterocycles. The Bertz CT molecular complexity index is 1690. The van der Waals surface area contributed by atoms with Gasteiger partial charge in [0.1, 0.15) is 0 Å². The van der Waals surface area contributed by atoms with Crippen molar-refractivity contribution in [3.63, 3.8) is 0 Å². The van der Waals surface area contributed by atoms with E-state index in [1.807, 2.05) is 114 Å². The first-order chi connectivity index (χ1) is 19.2. The van der Waals surface area contributed by atoms with Gasteiger partial charge in [-0.1, -0.05) is 97.1 Å². The van der Waals surface area contributed by atoms with E-state index >= 15 is 0 Å². The molecule has 0 fully saturated rings. The summed E-state index contributed by atoms with van der Waals surface area (Å²) in [6.07, 6.45) is 5.48. The number of hydrazine groups is 1. The van der Waals surface area contributed by atoms with Crippen molar-refractivity contribution in [2.24, 2.45) is 0 Å². The van der Waals surface area contributed by atoms with Gasteiger partial charge in [-0.3, -0.25) is 15.0 Å². The normalized spacial score (nSPS) is 14.2. The molecule has 4 aromatic carbocycles. The summed E-state index contributed by atoms with van der Waals surface area (Å²) in [4.78, 5) is 26.8. The zero-order chi connectivity index (χ0) is 26.6. The molecule has 0 radical (unpaired) electrons. The summed E-state index contributed by atoms with van der Waals surface area (Å²) in [7, 11) is 0. The van der Waals surface area contributed by atoms with Crippen molar-refractivity contribution in [2.45, 2.75) is 0 Å². The number of hydrogen-bond donors (Lipinski definition) is 1. The van der Waals surface area contributed by atoms with Gasteiger partial charge in [-0.2, -0.15) is 5.10 Å². The van der Waals surface area contributed by atoms with Crippen LogP contribution in [-0.4, -0.2) is 26.6 Å². The quantitative estimate of drug-likeness (QED) is 0.290. The smallest absolute Gasteiger partial charge is 0.267 e. The number of carbonyl (C=O) groups is 2. The molecule has 5 aromatic rings. The van der Waals surface area contributed by atoms with E-state index in [0.29, 0.717) is 16.8 Å². The largest absolute Gasteiger partial charge is 0.277 e. The molecular formula is C33H24N4O2. The molecule has 1 aromatic heterocycles. The van der Waals surface area contributed by atoms with E-state index in [1.54, 1.807) is 30.3 Å². The molecule has 1 aliphatic rings. The Morgan fingerprint density at radius 3 is 1.92 bits per heavy atom. The summed E-state index contributed by atoms with van der Waals surface area (Å²) in [5.41, 5.74) is 8.45. The minimum atomic E-state index is -0.384. The highest BCUT2D eigenvalue weighted by atomic mass is 16.2. The highest BCUT2D eigenvalue weighted by Crippen LogP contribution is 2.30. The third-order valence-electron chi connectivity index (χ3n) is 6.42. The fourth-order valence-corrected chi connectivity index (χ4v) is 4.50. The van der Waals surface area contributed by atoms with Gasteiger partial charge in [-0.15, -0.1) is 0 Å². The van der Waals surface area contributed by atoms with E-state index in [1.165, 1.54) is 5.01 Å². The zero-order valence-corrected chi connectivity index (χ0v) is 20.9. The van der Waals surface area contributed by atoms with E-state index in [4.69, 9.17) is 5.10 Å². The van der Waals surface area contributed by atoms with Gasteiger partial charge in [0.25, 0.3) is 11.8 Å². The van der Waals surface area contributed by atoms with Crippen LogP contribution in [0.1, 0.15) is 21.5 Å². The van der Waals surface area contributed by atoms with Gasteiger partial charge in [0.05, 0.1) is 17.1 Å². The summed E-state index contributed by atoms with van der Waals surface area (Å²) < 4.78 is 1.81. The number of nitrogens with one attached hydrogen (secondary N) is 1. The van der Waals surface area contributed by atoms with Crippen LogP contribution < -0.4 is 5.43 Å². The van der Waals surface area contributed by atoms with Gasteiger partial charge < -0.3 is 0 Å². The highest BCUT2D eigenvalue weighted by Gasteiger charge is 2.29. The molecule has 6 rings (SSSR count). The molecule has 0 atom stereocenters. The van der Waals surface area contributed by atoms with E-state index in [9.17, 15) is 9.59 Å². The maximum atomic E-state index is 13.4. The maximum Gasteiger partial charge on any atom is 0.277 e. The first-order valence-corrected chi connectivity index (χ1v) is 12.6. The predicted molar refractivity (Wildman–Crippen MR) is 152 cm³/mol. The molecule has 0 saturated carbocycles. The summed E-state index contributed by atoms with van der Waals surface area (Å²) in [5.74, 6) is -0.703. The van der Waals surface area contributed by atoms with Crippen molar-refractivity contribution in [3.8, 4) is 16.9 Å². The van der Waals surface area contributed by atoms with Crippen LogP contribution in [-0.2, 0) is 4.79 Å². The van der Waals surface area contributed by atoms with Crippen LogP contribution in [0.25, 0.3) is 28.7 Å². The SMILES string of the molecule is O=C1NN(C(=O)c2ccccc2)C(c2ccccc2)=C/C1=C\c1cn(-c2ccccc2)nc1-c1ccccc1. The Morgan fingerprint density at radius 2 is 1.28 bits per heavy atom. The molecule has 0 bridgehead atoms. The maximum absolute atomic E-state index is 13.4. The molecular weight excluding hydrogens is 484 g/mol. The molecule has 39 heavy (non-hydrogen) atoms. The van der Waals surface area contributed by atoms with Gasteiger partial charge in [0, 0.05) is 34.0 Å². The second kappa shape index (κ2) is 10.5. The number of hydrogen-bond acceptors (Lipinski definition) is 3. The second-order valence-corrected chi connectivity index (χ2v) is 9.02. The monoisotopic (exact) mass is 508 g/mol. The van der Waals surface area contributed by atoms with Crippen LogP contribution in [0.15, 0.2) is 139 Å². The Kier molecular flexibility index (Phi) is 6.41. The Labute approximate surface area is 226 Å². The molecule has 0 spiro atoms. The predicted octanol–water partition coefficient (Wildman–Crippen LogP) is 6.15. The van der Waals surface area contributed by atoms with Gasteiger partial charge in [0.15, 0.2) is 0 Å². The molecule has 6 nitrogen and oxygen atoms in total. The number of carbonyl (C=O) groups excluding carboxylic acids is 2. The molecule has 2 amide bonds. The fourth-order valence-electron chi connectivity index (χ4n) is 4.50. The van der Waals surface area contributed by atoms with Crippen molar-refractivity contribution in [3.05, 3.63) is 156 Å². The van der Waals surface area contributed by atoms with Gasteiger partial charge >= 0.3 is 0 Å². The lowest BCUT2D eigenvalue weighted by Crippen LogP contribution is -2.47. The summed E-state index contributed by atoms with van der Waals surface area (Å²) >= 11 is 0. The van der Waals surface area contributed by atoms with Gasteiger partial charge in [-0.05, 0) is 36.4 Å². The number of benzene rings is 4. The first kappa shape index (κ1) is 23.9. The number of aromatic nitrogens is 2. The molecule has 1 aliphatic heterocycles. The highest BCUT2D eigenvalue weighted by molar-refractivity contribution is 6.10. The average molecular weight is 509 g/mol. The van der Waals surface area contributed by atoms with Crippen LogP contribution in [0.2, 0.25) is 0 Å². The van der Waals surface area contributed by atoms with Crippen molar-refractivity contribution >= 4 is 23.6 Å². The average Bonchev–Trinajstić information content (AvgIpc) is 3.43. The summed E-state index contributed by atoms with van der Waals surface area (Å²) in [5, 5.41) is 6.17. The molecule has 0 aliphatic carbocycles. The number of para-hydroxylation sites is 1. The van der Waals surface area contributed by atoms with Crippen LogP contribution in [0, 0.1) is 0 Å². The van der Waals surface area contributed by atoms with E-state index in [2.05, 4.69) is 5.43 Å². The Hall–Kier alpha value is -5.49. The van der Waals surface area contributed by atoms with Gasteiger partial charge in [-0.25, -0.2) is 9.69 Å². The van der Waals surface area contributed by atoms with E-state index in [0.717, 1.165) is 28.1 Å². The first-order valence-electron chi connectivity index (χ1n) is 12.6. The van der Waals surface area contributed by atoms with Crippen LogP contribution in [0.3, 0.4) is 0 Å². The van der Waals surface area contributed by atoms with Gasteiger partial charge in [0.2, 0.25) is 0 Å².